The number of amides is 1. The molecule has 4 aromatic rings. The molecule has 226 valence electrons. The average Bonchev–Trinajstić information content (AvgIpc) is 3.35. The first-order valence-corrected chi connectivity index (χ1v) is 15.7. The van der Waals surface area contributed by atoms with Crippen LogP contribution in [0.1, 0.15) is 39.3 Å². The van der Waals surface area contributed by atoms with Crippen molar-refractivity contribution in [1.29, 1.82) is 0 Å². The van der Waals surface area contributed by atoms with Gasteiger partial charge in [0.05, 0.1) is 33.5 Å². The number of thioether (sulfide) groups is 1. The number of thiophene rings is 1. The van der Waals surface area contributed by atoms with E-state index in [1.165, 1.54) is 35.4 Å². The standard InChI is InChI=1S/C29H30F3N7O2S2/c1-6-21(40)38-14(4)9-37(10-15(38)5)26-16-7-18(29(30,31)32)22(17-11-42-20-8-34-27(33)35-23(17)20)25-24(16)39(28(41)36-26)19(12-43-25)13(2)3/h6-8,11,13-15,19H,1,9-10,12H2,2-5H3,(H2,33,34,35)/t14-,15+,19?. The Labute approximate surface area is 253 Å². The number of anilines is 2. The van der Waals surface area contributed by atoms with E-state index in [1.54, 1.807) is 14.8 Å². The first-order chi connectivity index (χ1) is 20.3. The number of piperazine rings is 1. The number of benzene rings is 1. The number of aromatic nitrogens is 4. The van der Waals surface area contributed by atoms with Crippen molar-refractivity contribution in [2.75, 3.05) is 29.5 Å². The Kier molecular flexibility index (Phi) is 7.19. The maximum atomic E-state index is 15.0. The summed E-state index contributed by atoms with van der Waals surface area (Å²) in [4.78, 5) is 43.0. The molecule has 1 saturated heterocycles. The minimum atomic E-state index is -4.73. The molecule has 9 nitrogen and oxygen atoms in total. The average molecular weight is 630 g/mol. The number of nitrogens with two attached hydrogens (primary N) is 1. The van der Waals surface area contributed by atoms with Crippen LogP contribution in [0.3, 0.4) is 0 Å². The van der Waals surface area contributed by atoms with Gasteiger partial charge >= 0.3 is 11.9 Å². The number of nitrogens with zero attached hydrogens (tertiary/aromatic N) is 6. The van der Waals surface area contributed by atoms with Gasteiger partial charge in [0.25, 0.3) is 0 Å². The number of halogens is 3. The highest BCUT2D eigenvalue weighted by molar-refractivity contribution is 7.99. The van der Waals surface area contributed by atoms with Gasteiger partial charge in [-0.05, 0) is 31.9 Å². The van der Waals surface area contributed by atoms with Crippen molar-refractivity contribution in [3.63, 3.8) is 0 Å². The second-order valence-corrected chi connectivity index (χ2v) is 13.3. The fourth-order valence-electron chi connectivity index (χ4n) is 6.33. The summed E-state index contributed by atoms with van der Waals surface area (Å²) in [6.07, 6.45) is -1.97. The minimum Gasteiger partial charge on any atom is -0.368 e. The van der Waals surface area contributed by atoms with E-state index in [2.05, 4.69) is 21.5 Å². The van der Waals surface area contributed by atoms with E-state index in [1.807, 2.05) is 32.6 Å². The molecular weight excluding hydrogens is 599 g/mol. The van der Waals surface area contributed by atoms with Gasteiger partial charge in [0.15, 0.2) is 0 Å². The van der Waals surface area contributed by atoms with Gasteiger partial charge in [-0.1, -0.05) is 20.4 Å². The van der Waals surface area contributed by atoms with Crippen LogP contribution in [0.25, 0.3) is 32.2 Å². The molecule has 3 aromatic heterocycles. The van der Waals surface area contributed by atoms with Crippen LogP contribution in [0.4, 0.5) is 24.9 Å². The summed E-state index contributed by atoms with van der Waals surface area (Å²) >= 11 is 2.56. The van der Waals surface area contributed by atoms with E-state index in [4.69, 9.17) is 5.73 Å². The van der Waals surface area contributed by atoms with Crippen molar-refractivity contribution in [2.24, 2.45) is 5.92 Å². The van der Waals surface area contributed by atoms with Crippen molar-refractivity contribution in [1.82, 2.24) is 24.4 Å². The zero-order valence-corrected chi connectivity index (χ0v) is 25.6. The van der Waals surface area contributed by atoms with E-state index in [0.29, 0.717) is 45.0 Å². The zero-order chi connectivity index (χ0) is 31.0. The Balaban J connectivity index is 1.68. The van der Waals surface area contributed by atoms with Crippen LogP contribution >= 0.6 is 23.1 Å². The van der Waals surface area contributed by atoms with Crippen LogP contribution in [-0.2, 0) is 11.0 Å². The summed E-state index contributed by atoms with van der Waals surface area (Å²) in [6, 6.07) is 0.279. The highest BCUT2D eigenvalue weighted by Gasteiger charge is 2.41. The molecule has 14 heteroatoms. The maximum absolute atomic E-state index is 15.0. The third kappa shape index (κ3) is 4.74. The summed E-state index contributed by atoms with van der Waals surface area (Å²) in [5.74, 6) is 0.360. The minimum absolute atomic E-state index is 0.0232. The first-order valence-electron chi connectivity index (χ1n) is 13.8. The first kappa shape index (κ1) is 29.4. The summed E-state index contributed by atoms with van der Waals surface area (Å²) in [5, 5.41) is 1.89. The Morgan fingerprint density at radius 1 is 1.21 bits per heavy atom. The number of carbonyl (C=O) groups excluding carboxylic acids is 1. The van der Waals surface area contributed by atoms with Crippen molar-refractivity contribution in [3.05, 3.63) is 46.3 Å². The summed E-state index contributed by atoms with van der Waals surface area (Å²) < 4.78 is 47.2. The van der Waals surface area contributed by atoms with E-state index in [0.717, 1.165) is 6.07 Å². The molecule has 0 saturated carbocycles. The smallest absolute Gasteiger partial charge is 0.368 e. The van der Waals surface area contributed by atoms with E-state index in [9.17, 15) is 9.59 Å². The normalized spacial score (nSPS) is 20.8. The number of hydrogen-bond acceptors (Lipinski definition) is 9. The lowest BCUT2D eigenvalue weighted by atomic mass is 9.96. The van der Waals surface area contributed by atoms with Gasteiger partial charge in [0, 0.05) is 57.7 Å². The van der Waals surface area contributed by atoms with Crippen molar-refractivity contribution in [2.45, 2.75) is 56.9 Å². The molecular formula is C29H30F3N7O2S2. The lowest BCUT2D eigenvalue weighted by molar-refractivity contribution is -0.137. The lowest BCUT2D eigenvalue weighted by Gasteiger charge is -2.45. The van der Waals surface area contributed by atoms with E-state index < -0.39 is 17.4 Å². The van der Waals surface area contributed by atoms with Crippen molar-refractivity contribution in [3.8, 4) is 11.1 Å². The highest BCUT2D eigenvalue weighted by atomic mass is 32.2. The largest absolute Gasteiger partial charge is 0.417 e. The molecule has 1 unspecified atom stereocenters. The van der Waals surface area contributed by atoms with Gasteiger partial charge in [-0.25, -0.2) is 14.8 Å². The SMILES string of the molecule is C=CC(=O)N1[C@H](C)CN(c2nc(=O)n3c4c(c(-c5csc6cnc(N)nc56)c(C(F)(F)F)cc24)SCC3C(C)C)C[C@@H]1C. The molecule has 43 heavy (non-hydrogen) atoms. The number of nitrogen functional groups attached to an aromatic ring is 1. The van der Waals surface area contributed by atoms with Gasteiger partial charge < -0.3 is 15.5 Å². The lowest BCUT2D eigenvalue weighted by Crippen LogP contribution is -2.58. The highest BCUT2D eigenvalue weighted by Crippen LogP contribution is 2.52. The van der Waals surface area contributed by atoms with Crippen LogP contribution in [0.5, 0.6) is 0 Å². The van der Waals surface area contributed by atoms with Gasteiger partial charge in [0.1, 0.15) is 5.82 Å². The third-order valence-electron chi connectivity index (χ3n) is 8.20. The number of carbonyl (C=O) groups is 1. The van der Waals surface area contributed by atoms with E-state index in [-0.39, 0.29) is 52.7 Å². The second kappa shape index (κ2) is 10.5. The van der Waals surface area contributed by atoms with Gasteiger partial charge in [-0.15, -0.1) is 23.1 Å². The van der Waals surface area contributed by atoms with E-state index >= 15 is 13.2 Å². The fraction of sp³-hybridized carbons (Fsp3) is 0.414. The second-order valence-electron chi connectivity index (χ2n) is 11.4. The molecule has 1 aromatic carbocycles. The Morgan fingerprint density at radius 2 is 1.91 bits per heavy atom. The Morgan fingerprint density at radius 3 is 2.53 bits per heavy atom. The molecule has 0 spiro atoms. The Hall–Kier alpha value is -3.65. The Bertz CT molecular complexity index is 1840. The maximum Gasteiger partial charge on any atom is 0.417 e. The molecule has 1 fully saturated rings. The van der Waals surface area contributed by atoms with Gasteiger partial charge in [-0.3, -0.25) is 9.36 Å². The molecule has 5 heterocycles. The molecule has 2 aliphatic heterocycles. The van der Waals surface area contributed by atoms with Crippen LogP contribution < -0.4 is 16.3 Å². The zero-order valence-electron chi connectivity index (χ0n) is 24.0. The number of rotatable bonds is 4. The third-order valence-corrected chi connectivity index (χ3v) is 10.3. The number of alkyl halides is 3. The molecule has 0 radical (unpaired) electrons. The van der Waals surface area contributed by atoms with Crippen molar-refractivity contribution < 1.29 is 18.0 Å². The molecule has 2 aliphatic rings. The molecule has 0 aliphatic carbocycles. The number of fused-ring (bicyclic) bond motifs is 1. The van der Waals surface area contributed by atoms with Crippen LogP contribution in [0, 0.1) is 5.92 Å². The predicted molar refractivity (Wildman–Crippen MR) is 165 cm³/mol. The predicted octanol–water partition coefficient (Wildman–Crippen LogP) is 5.58. The topological polar surface area (TPSA) is 110 Å². The number of hydrogen-bond donors (Lipinski definition) is 1. The fourth-order valence-corrected chi connectivity index (χ4v) is 8.76. The molecule has 0 bridgehead atoms. The van der Waals surface area contributed by atoms with Crippen LogP contribution in [0.2, 0.25) is 0 Å². The monoisotopic (exact) mass is 629 g/mol. The molecule has 6 rings (SSSR count). The van der Waals surface area contributed by atoms with Crippen LogP contribution in [0.15, 0.2) is 40.0 Å². The molecule has 1 amide bonds. The molecule has 3 atom stereocenters. The summed E-state index contributed by atoms with van der Waals surface area (Å²) in [7, 11) is 0. The van der Waals surface area contributed by atoms with Crippen LogP contribution in [-0.4, -0.2) is 61.3 Å². The summed E-state index contributed by atoms with van der Waals surface area (Å²) in [5.41, 5.74) is 5.54. The van der Waals surface area contributed by atoms with Gasteiger partial charge in [0.2, 0.25) is 11.9 Å². The summed E-state index contributed by atoms with van der Waals surface area (Å²) in [6.45, 7) is 11.9. The quantitative estimate of drug-likeness (QED) is 0.291. The van der Waals surface area contributed by atoms with Crippen molar-refractivity contribution >= 4 is 61.9 Å². The van der Waals surface area contributed by atoms with Gasteiger partial charge in [-0.2, -0.15) is 18.2 Å². The molecule has 2 N–H and O–H groups in total.